The van der Waals surface area contributed by atoms with E-state index in [0.717, 1.165) is 80.0 Å². The first-order chi connectivity index (χ1) is 41.4. The number of hydrogen-bond donors (Lipinski definition) is 0. The van der Waals surface area contributed by atoms with Gasteiger partial charge >= 0.3 is 24.7 Å². The van der Waals surface area contributed by atoms with Crippen molar-refractivity contribution in [1.82, 2.24) is 4.57 Å². The summed E-state index contributed by atoms with van der Waals surface area (Å²) in [5, 5.41) is 1.34. The van der Waals surface area contributed by atoms with Crippen LogP contribution in [-0.2, 0) is 35.5 Å². The summed E-state index contributed by atoms with van der Waals surface area (Å²) in [6.07, 6.45) is -19.8. The molecule has 0 N–H and O–H groups in total. The first kappa shape index (κ1) is 61.8. The second-order valence-corrected chi connectivity index (χ2v) is 25.6. The van der Waals surface area contributed by atoms with Crippen LogP contribution in [0.25, 0.3) is 105 Å². The van der Waals surface area contributed by atoms with E-state index in [1.165, 1.54) is 25.1 Å². The van der Waals surface area contributed by atoms with Crippen LogP contribution in [0.4, 0.5) is 52.7 Å². The summed E-state index contributed by atoms with van der Waals surface area (Å²) in [4.78, 5) is 0. The highest BCUT2D eigenvalue weighted by Crippen LogP contribution is 2.46. The van der Waals surface area contributed by atoms with Gasteiger partial charge in [0.25, 0.3) is 0 Å². The van der Waals surface area contributed by atoms with Gasteiger partial charge in [0.15, 0.2) is 0 Å². The number of rotatable bonds is 8. The molecule has 0 saturated carbocycles. The standard InChI is InChI=1S/C76H61F12N/c1-42-19-43(2)21-48(20-42)53-26-51(27-54(30-53)49-22-44(3)24-61(32-49)73(77,78)79)46-15-17-69-66(38-46)67-39-47(16-18-70(67)89(69)68-14-12-11-13-65(68)58-36-59(71(5,6)7)40-60(37-58)72(8,9)10)52-28-55(50-23-45(4)25-62(33-50)74(80,81)82)31-56(29-52)57-34-63(75(83,84)85)41-64(35-57)76(86,87)88/h11-41H,1-10H3. The molecule has 0 aliphatic carbocycles. The topological polar surface area (TPSA) is 4.93 Å². The Hall–Kier alpha value is -8.84. The monoisotopic (exact) mass is 1220 g/mol. The molecule has 0 bridgehead atoms. The van der Waals surface area contributed by atoms with Crippen molar-refractivity contribution >= 4 is 21.8 Å². The van der Waals surface area contributed by atoms with E-state index in [2.05, 4.69) is 70.4 Å². The summed E-state index contributed by atoms with van der Waals surface area (Å²) in [5.41, 5.74) is 7.59. The Morgan fingerprint density at radius 1 is 0.247 bits per heavy atom. The zero-order chi connectivity index (χ0) is 64.2. The number of benzene rings is 10. The Balaban J connectivity index is 1.21. The van der Waals surface area contributed by atoms with Gasteiger partial charge in [-0.3, -0.25) is 0 Å². The molecule has 0 spiro atoms. The Bertz CT molecular complexity index is 4520. The highest BCUT2D eigenvalue weighted by molar-refractivity contribution is 6.12. The van der Waals surface area contributed by atoms with Gasteiger partial charge in [0.05, 0.1) is 39.0 Å². The first-order valence-electron chi connectivity index (χ1n) is 28.9. The van der Waals surface area contributed by atoms with Crippen molar-refractivity contribution in [3.05, 3.63) is 244 Å². The Morgan fingerprint density at radius 2 is 0.528 bits per heavy atom. The molecule has 13 heteroatoms. The zero-order valence-corrected chi connectivity index (χ0v) is 50.4. The smallest absolute Gasteiger partial charge is 0.309 e. The summed E-state index contributed by atoms with van der Waals surface area (Å²) < 4.78 is 176. The summed E-state index contributed by atoms with van der Waals surface area (Å²) in [6.45, 7) is 20.0. The maximum absolute atomic E-state index is 14.5. The minimum Gasteiger partial charge on any atom is -0.309 e. The molecule has 0 saturated heterocycles. The average Bonchev–Trinajstić information content (AvgIpc) is 1.61. The Morgan fingerprint density at radius 3 is 0.888 bits per heavy atom. The minimum atomic E-state index is -5.20. The number of aryl methyl sites for hydroxylation is 4. The molecule has 0 atom stereocenters. The largest absolute Gasteiger partial charge is 0.416 e. The third kappa shape index (κ3) is 12.8. The molecule has 11 aromatic rings. The number of hydrogen-bond acceptors (Lipinski definition) is 0. The van der Waals surface area contributed by atoms with Crippen molar-refractivity contribution < 1.29 is 52.7 Å². The summed E-state index contributed by atoms with van der Waals surface area (Å²) in [6, 6.07) is 50.6. The van der Waals surface area contributed by atoms with E-state index >= 15 is 0 Å². The van der Waals surface area contributed by atoms with Gasteiger partial charge in [0.2, 0.25) is 0 Å². The first-order valence-corrected chi connectivity index (χ1v) is 28.9. The van der Waals surface area contributed by atoms with Crippen LogP contribution in [0.15, 0.2) is 188 Å². The second-order valence-electron chi connectivity index (χ2n) is 25.6. The van der Waals surface area contributed by atoms with E-state index in [0.29, 0.717) is 61.8 Å². The maximum Gasteiger partial charge on any atom is 0.416 e. The molecule has 1 aromatic heterocycles. The fraction of sp³-hybridized carbons (Fsp3) is 0.211. The second kappa shape index (κ2) is 22.0. The normalized spacial score (nSPS) is 12.8. The van der Waals surface area contributed by atoms with Gasteiger partial charge < -0.3 is 4.57 Å². The van der Waals surface area contributed by atoms with Gasteiger partial charge in [0.1, 0.15) is 0 Å². The number of alkyl halides is 12. The fourth-order valence-electron chi connectivity index (χ4n) is 11.9. The van der Waals surface area contributed by atoms with Crippen LogP contribution < -0.4 is 0 Å². The maximum atomic E-state index is 14.5. The molecule has 10 aromatic carbocycles. The molecule has 1 heterocycles. The molecular weight excluding hydrogens is 1150 g/mol. The van der Waals surface area contributed by atoms with E-state index in [1.807, 2.05) is 98.8 Å². The lowest BCUT2D eigenvalue weighted by Gasteiger charge is -2.27. The van der Waals surface area contributed by atoms with E-state index < -0.39 is 52.5 Å². The predicted molar refractivity (Wildman–Crippen MR) is 335 cm³/mol. The van der Waals surface area contributed by atoms with Gasteiger partial charge in [-0.2, -0.15) is 52.7 Å². The summed E-state index contributed by atoms with van der Waals surface area (Å²) >= 11 is 0. The lowest BCUT2D eigenvalue weighted by molar-refractivity contribution is -0.143. The van der Waals surface area contributed by atoms with Gasteiger partial charge in [-0.1, -0.05) is 132 Å². The quantitative estimate of drug-likeness (QED) is 0.134. The number of para-hydroxylation sites is 1. The van der Waals surface area contributed by atoms with Crippen molar-refractivity contribution in [2.75, 3.05) is 0 Å². The average molecular weight is 1220 g/mol. The molecule has 0 fully saturated rings. The third-order valence-electron chi connectivity index (χ3n) is 16.4. The van der Waals surface area contributed by atoms with Gasteiger partial charge in [0, 0.05) is 16.3 Å². The molecular formula is C76H61F12N. The van der Waals surface area contributed by atoms with Gasteiger partial charge in [-0.25, -0.2) is 0 Å². The molecule has 454 valence electrons. The van der Waals surface area contributed by atoms with E-state index in [1.54, 1.807) is 25.1 Å². The van der Waals surface area contributed by atoms with Crippen molar-refractivity contribution in [1.29, 1.82) is 0 Å². The summed E-state index contributed by atoms with van der Waals surface area (Å²) in [7, 11) is 0. The highest BCUT2D eigenvalue weighted by Gasteiger charge is 2.38. The van der Waals surface area contributed by atoms with E-state index in [9.17, 15) is 52.7 Å². The number of nitrogens with zero attached hydrogens (tertiary/aromatic N) is 1. The van der Waals surface area contributed by atoms with Crippen LogP contribution in [0, 0.1) is 27.7 Å². The lowest BCUT2D eigenvalue weighted by Crippen LogP contribution is -2.16. The minimum absolute atomic E-state index is 0.0234. The molecule has 0 aliphatic heterocycles. The van der Waals surface area contributed by atoms with Crippen LogP contribution in [0.1, 0.15) is 97.2 Å². The number of fused-ring (bicyclic) bond motifs is 3. The van der Waals surface area contributed by atoms with Crippen LogP contribution in [0.5, 0.6) is 0 Å². The number of halogens is 12. The van der Waals surface area contributed by atoms with Gasteiger partial charge in [-0.15, -0.1) is 0 Å². The predicted octanol–water partition coefficient (Wildman–Crippen LogP) is 24.4. The van der Waals surface area contributed by atoms with E-state index in [-0.39, 0.29) is 44.7 Å². The Labute approximate surface area is 508 Å². The third-order valence-corrected chi connectivity index (χ3v) is 16.4. The van der Waals surface area contributed by atoms with Crippen molar-refractivity contribution in [3.8, 4) is 83.6 Å². The van der Waals surface area contributed by atoms with Crippen LogP contribution in [0.2, 0.25) is 0 Å². The lowest BCUT2D eigenvalue weighted by atomic mass is 9.79. The van der Waals surface area contributed by atoms with Gasteiger partial charge in [-0.05, 0) is 242 Å². The molecule has 0 radical (unpaired) electrons. The SMILES string of the molecule is Cc1cc(C)cc(-c2cc(-c3cc(C)cc(C(F)(F)F)c3)cc(-c3ccc4c(c3)c3cc(-c5cc(-c6cc(C)cc(C(F)(F)F)c6)cc(-c6cc(C(F)(F)F)cc(C(F)(F)F)c6)c5)ccc3n4-c3ccccc3-c3cc(C(C)(C)C)cc(C(C)(C)C)c3)c2)c1. The van der Waals surface area contributed by atoms with Crippen LogP contribution in [0.3, 0.4) is 0 Å². The molecule has 11 rings (SSSR count). The van der Waals surface area contributed by atoms with Crippen molar-refractivity contribution in [2.45, 2.75) is 105 Å². The molecule has 1 nitrogen and oxygen atoms in total. The Kier molecular flexibility index (Phi) is 15.3. The van der Waals surface area contributed by atoms with Crippen LogP contribution >= 0.6 is 0 Å². The molecule has 0 amide bonds. The van der Waals surface area contributed by atoms with E-state index in [4.69, 9.17) is 0 Å². The number of aromatic nitrogens is 1. The zero-order valence-electron chi connectivity index (χ0n) is 50.4. The van der Waals surface area contributed by atoms with Crippen molar-refractivity contribution in [2.24, 2.45) is 0 Å². The molecule has 0 unspecified atom stereocenters. The summed E-state index contributed by atoms with van der Waals surface area (Å²) in [5.74, 6) is 0. The van der Waals surface area contributed by atoms with Crippen LogP contribution in [-0.4, -0.2) is 4.57 Å². The molecule has 0 aliphatic rings. The highest BCUT2D eigenvalue weighted by atomic mass is 19.4. The molecule has 89 heavy (non-hydrogen) atoms. The van der Waals surface area contributed by atoms with Crippen molar-refractivity contribution in [3.63, 3.8) is 0 Å². The fourth-order valence-corrected chi connectivity index (χ4v) is 11.9.